The minimum absolute atomic E-state index is 0.210. The summed E-state index contributed by atoms with van der Waals surface area (Å²) in [6, 6.07) is 13.3. The van der Waals surface area contributed by atoms with E-state index in [1.165, 1.54) is 6.08 Å². The number of carbonyl (C=O) groups excluding carboxylic acids is 2. The predicted molar refractivity (Wildman–Crippen MR) is 109 cm³/mol. The molecule has 3 rings (SSSR count). The van der Waals surface area contributed by atoms with Crippen molar-refractivity contribution in [3.63, 3.8) is 0 Å². The summed E-state index contributed by atoms with van der Waals surface area (Å²) in [7, 11) is 1.61. The molecule has 0 bridgehead atoms. The first-order valence-electron chi connectivity index (χ1n) is 9.19. The Morgan fingerprint density at radius 2 is 1.86 bits per heavy atom. The van der Waals surface area contributed by atoms with E-state index < -0.39 is 11.6 Å². The number of hydrogen-bond donors (Lipinski definition) is 0. The molecule has 0 saturated carbocycles. The van der Waals surface area contributed by atoms with Gasteiger partial charge in [0.2, 0.25) is 0 Å². The number of carbonyl (C=O) groups is 2. The molecular formula is C23H25NO4. The Balaban J connectivity index is 1.99. The molecule has 0 fully saturated rings. The highest BCUT2D eigenvalue weighted by atomic mass is 16.6. The first-order valence-corrected chi connectivity index (χ1v) is 9.19. The maximum Gasteiger partial charge on any atom is 0.332 e. The molecule has 0 radical (unpaired) electrons. The number of hydrogen-bond acceptors (Lipinski definition) is 4. The van der Waals surface area contributed by atoms with E-state index >= 15 is 0 Å². The lowest BCUT2D eigenvalue weighted by molar-refractivity contribution is -0.148. The van der Waals surface area contributed by atoms with Gasteiger partial charge in [-0.05, 0) is 51.0 Å². The van der Waals surface area contributed by atoms with Crippen LogP contribution in [0.4, 0.5) is 5.69 Å². The Morgan fingerprint density at radius 3 is 2.54 bits per heavy atom. The molecule has 1 aliphatic heterocycles. The lowest BCUT2D eigenvalue weighted by Crippen LogP contribution is -2.27. The molecule has 2 aromatic carbocycles. The molecule has 1 heterocycles. The number of methoxy groups -OCH3 is 1. The van der Waals surface area contributed by atoms with Gasteiger partial charge in [0, 0.05) is 11.6 Å². The number of fused-ring (bicyclic) bond motifs is 1. The third kappa shape index (κ3) is 4.09. The van der Waals surface area contributed by atoms with Crippen molar-refractivity contribution in [2.45, 2.75) is 39.8 Å². The fourth-order valence-corrected chi connectivity index (χ4v) is 3.29. The molecule has 0 N–H and O–H groups in total. The van der Waals surface area contributed by atoms with Crippen LogP contribution >= 0.6 is 0 Å². The number of nitrogens with zero attached hydrogens (tertiary/aromatic N) is 1. The van der Waals surface area contributed by atoms with Gasteiger partial charge in [-0.1, -0.05) is 30.3 Å². The molecule has 28 heavy (non-hydrogen) atoms. The quantitative estimate of drug-likeness (QED) is 0.588. The maximum atomic E-state index is 13.2. The molecule has 0 saturated heterocycles. The summed E-state index contributed by atoms with van der Waals surface area (Å²) in [4.78, 5) is 27.2. The molecule has 2 aromatic rings. The minimum atomic E-state index is -0.620. The van der Waals surface area contributed by atoms with Crippen LogP contribution in [-0.4, -0.2) is 24.6 Å². The Kier molecular flexibility index (Phi) is 5.27. The van der Waals surface area contributed by atoms with Crippen LogP contribution in [-0.2, 0) is 20.9 Å². The highest BCUT2D eigenvalue weighted by Gasteiger charge is 2.34. The summed E-state index contributed by atoms with van der Waals surface area (Å²) in [5.41, 5.74) is 3.23. The monoisotopic (exact) mass is 379 g/mol. The molecule has 0 aromatic heterocycles. The third-order valence-electron chi connectivity index (χ3n) is 4.42. The Hall–Kier alpha value is -3.08. The first kappa shape index (κ1) is 19.7. The number of anilines is 1. The predicted octanol–water partition coefficient (Wildman–Crippen LogP) is 4.28. The number of ether oxygens (including phenoxy) is 2. The van der Waals surface area contributed by atoms with Crippen LogP contribution in [0.2, 0.25) is 0 Å². The molecule has 0 atom stereocenters. The molecular weight excluding hydrogens is 354 g/mol. The van der Waals surface area contributed by atoms with E-state index in [0.717, 1.165) is 28.1 Å². The minimum Gasteiger partial charge on any atom is -0.497 e. The molecule has 0 spiro atoms. The standard InChI is InChI=1S/C23H25NO4/c1-15-8-6-11-18-19(13-20(25)28-23(2,3)4)22(26)24(21(15)18)14-16-9-7-10-17(12-16)27-5/h6-13H,14H2,1-5H3/b19-13+. The van der Waals surface area contributed by atoms with Crippen molar-refractivity contribution in [2.75, 3.05) is 12.0 Å². The average Bonchev–Trinajstić information content (AvgIpc) is 2.87. The number of rotatable bonds is 4. The van der Waals surface area contributed by atoms with Crippen LogP contribution in [0.1, 0.15) is 37.5 Å². The Morgan fingerprint density at radius 1 is 1.14 bits per heavy atom. The van der Waals surface area contributed by atoms with E-state index in [4.69, 9.17) is 9.47 Å². The number of amides is 1. The molecule has 1 amide bonds. The topological polar surface area (TPSA) is 55.8 Å². The van der Waals surface area contributed by atoms with Crippen LogP contribution in [0.15, 0.2) is 48.5 Å². The van der Waals surface area contributed by atoms with Crippen molar-refractivity contribution in [1.82, 2.24) is 0 Å². The van der Waals surface area contributed by atoms with Gasteiger partial charge in [-0.25, -0.2) is 4.79 Å². The van der Waals surface area contributed by atoms with Gasteiger partial charge in [-0.2, -0.15) is 0 Å². The Bertz CT molecular complexity index is 953. The largest absolute Gasteiger partial charge is 0.497 e. The zero-order chi connectivity index (χ0) is 20.5. The van der Waals surface area contributed by atoms with Crippen LogP contribution in [0.5, 0.6) is 5.75 Å². The second-order valence-corrected chi connectivity index (χ2v) is 7.81. The van der Waals surface area contributed by atoms with Crippen molar-refractivity contribution in [1.29, 1.82) is 0 Å². The zero-order valence-electron chi connectivity index (χ0n) is 16.9. The molecule has 0 aliphatic carbocycles. The third-order valence-corrected chi connectivity index (χ3v) is 4.42. The summed E-state index contributed by atoms with van der Waals surface area (Å²) >= 11 is 0. The van der Waals surface area contributed by atoms with E-state index in [0.29, 0.717) is 12.1 Å². The SMILES string of the molecule is COc1cccc(CN2C(=O)/C(=C/C(=O)OC(C)(C)C)c3cccc(C)c32)c1. The summed E-state index contributed by atoms with van der Waals surface area (Å²) < 4.78 is 10.7. The lowest BCUT2D eigenvalue weighted by atomic mass is 10.0. The number of esters is 1. The molecule has 5 heteroatoms. The van der Waals surface area contributed by atoms with Crippen molar-refractivity contribution >= 4 is 23.1 Å². The highest BCUT2D eigenvalue weighted by molar-refractivity contribution is 6.34. The van der Waals surface area contributed by atoms with E-state index in [-0.39, 0.29) is 5.91 Å². The van der Waals surface area contributed by atoms with Gasteiger partial charge in [0.15, 0.2) is 0 Å². The fraction of sp³-hybridized carbons (Fsp3) is 0.304. The van der Waals surface area contributed by atoms with E-state index in [2.05, 4.69) is 0 Å². The summed E-state index contributed by atoms with van der Waals surface area (Å²) in [6.07, 6.45) is 1.30. The number of aryl methyl sites for hydroxylation is 1. The van der Waals surface area contributed by atoms with Gasteiger partial charge in [-0.3, -0.25) is 4.79 Å². The molecule has 1 aliphatic rings. The highest BCUT2D eigenvalue weighted by Crippen LogP contribution is 2.40. The van der Waals surface area contributed by atoms with E-state index in [1.54, 1.807) is 32.8 Å². The van der Waals surface area contributed by atoms with Gasteiger partial charge in [-0.15, -0.1) is 0 Å². The smallest absolute Gasteiger partial charge is 0.332 e. The lowest BCUT2D eigenvalue weighted by Gasteiger charge is -2.19. The first-order chi connectivity index (χ1) is 13.2. The second-order valence-electron chi connectivity index (χ2n) is 7.81. The van der Waals surface area contributed by atoms with Crippen LogP contribution in [0.25, 0.3) is 5.57 Å². The summed E-state index contributed by atoms with van der Waals surface area (Å²) in [5, 5.41) is 0. The number of para-hydroxylation sites is 1. The van der Waals surface area contributed by atoms with Gasteiger partial charge >= 0.3 is 5.97 Å². The van der Waals surface area contributed by atoms with E-state index in [9.17, 15) is 9.59 Å². The van der Waals surface area contributed by atoms with Crippen molar-refractivity contribution in [2.24, 2.45) is 0 Å². The van der Waals surface area contributed by atoms with Crippen molar-refractivity contribution in [3.8, 4) is 5.75 Å². The molecule has 0 unspecified atom stereocenters. The fourth-order valence-electron chi connectivity index (χ4n) is 3.29. The van der Waals surface area contributed by atoms with Gasteiger partial charge in [0.1, 0.15) is 11.4 Å². The van der Waals surface area contributed by atoms with Gasteiger partial charge in [0.05, 0.1) is 24.9 Å². The van der Waals surface area contributed by atoms with Gasteiger partial charge in [0.25, 0.3) is 5.91 Å². The van der Waals surface area contributed by atoms with Crippen LogP contribution in [0, 0.1) is 6.92 Å². The second kappa shape index (κ2) is 7.50. The van der Waals surface area contributed by atoms with Crippen LogP contribution in [0.3, 0.4) is 0 Å². The van der Waals surface area contributed by atoms with Gasteiger partial charge < -0.3 is 14.4 Å². The summed E-state index contributed by atoms with van der Waals surface area (Å²) in [5.74, 6) is 0.00295. The van der Waals surface area contributed by atoms with Crippen molar-refractivity contribution < 1.29 is 19.1 Å². The maximum absolute atomic E-state index is 13.2. The van der Waals surface area contributed by atoms with E-state index in [1.807, 2.05) is 49.4 Å². The summed E-state index contributed by atoms with van der Waals surface area (Å²) in [6.45, 7) is 7.74. The number of benzene rings is 2. The normalized spacial score (nSPS) is 15.0. The molecule has 5 nitrogen and oxygen atoms in total. The van der Waals surface area contributed by atoms with Crippen LogP contribution < -0.4 is 9.64 Å². The Labute approximate surface area is 165 Å². The zero-order valence-corrected chi connectivity index (χ0v) is 16.9. The van der Waals surface area contributed by atoms with Crippen molar-refractivity contribution in [3.05, 3.63) is 65.2 Å². The average molecular weight is 379 g/mol. The molecule has 146 valence electrons.